The third-order valence-electron chi connectivity index (χ3n) is 4.59. The van der Waals surface area contributed by atoms with Gasteiger partial charge in [0.2, 0.25) is 10.0 Å². The molecule has 0 fully saturated rings. The fourth-order valence-electron chi connectivity index (χ4n) is 3.03. The van der Waals surface area contributed by atoms with E-state index in [9.17, 15) is 8.42 Å². The second kappa shape index (κ2) is 8.58. The molecule has 1 aromatic heterocycles. The van der Waals surface area contributed by atoms with Crippen LogP contribution in [-0.4, -0.2) is 24.8 Å². The molecule has 0 bridgehead atoms. The normalized spacial score (nSPS) is 11.5. The lowest BCUT2D eigenvalue weighted by molar-refractivity contribution is 0.340. The quantitative estimate of drug-likeness (QED) is 0.630. The lowest BCUT2D eigenvalue weighted by Crippen LogP contribution is -2.23. The zero-order valence-electron chi connectivity index (χ0n) is 16.3. The van der Waals surface area contributed by atoms with Gasteiger partial charge in [-0.2, -0.15) is 5.10 Å². The summed E-state index contributed by atoms with van der Waals surface area (Å²) >= 11 is 0. The van der Waals surface area contributed by atoms with Crippen LogP contribution in [0.1, 0.15) is 29.4 Å². The minimum Gasteiger partial charge on any atom is -0.494 e. The Kier molecular flexibility index (Phi) is 6.16. The van der Waals surface area contributed by atoms with Gasteiger partial charge in [-0.25, -0.2) is 13.1 Å². The van der Waals surface area contributed by atoms with Gasteiger partial charge in [-0.3, -0.25) is 4.68 Å². The molecular formula is C21H25N3O3S. The number of rotatable bonds is 8. The van der Waals surface area contributed by atoms with Gasteiger partial charge in [-0.15, -0.1) is 0 Å². The third kappa shape index (κ3) is 4.61. The molecule has 0 amide bonds. The van der Waals surface area contributed by atoms with E-state index in [-0.39, 0.29) is 11.4 Å². The molecule has 0 atom stereocenters. The van der Waals surface area contributed by atoms with Gasteiger partial charge in [0.25, 0.3) is 0 Å². The van der Waals surface area contributed by atoms with Gasteiger partial charge in [0.15, 0.2) is 0 Å². The number of ether oxygens (including phenoxy) is 1. The van der Waals surface area contributed by atoms with Crippen molar-refractivity contribution < 1.29 is 13.2 Å². The maximum absolute atomic E-state index is 12.6. The van der Waals surface area contributed by atoms with Crippen molar-refractivity contribution in [1.82, 2.24) is 14.5 Å². The molecule has 7 heteroatoms. The first-order valence-corrected chi connectivity index (χ1v) is 10.7. The summed E-state index contributed by atoms with van der Waals surface area (Å²) in [5.74, 6) is 0.648. The van der Waals surface area contributed by atoms with Crippen molar-refractivity contribution in [2.75, 3.05) is 6.61 Å². The van der Waals surface area contributed by atoms with Crippen LogP contribution in [0.3, 0.4) is 0 Å². The molecule has 2 aromatic carbocycles. The Bertz CT molecular complexity index is 1030. The Morgan fingerprint density at radius 2 is 1.71 bits per heavy atom. The van der Waals surface area contributed by atoms with Crippen molar-refractivity contribution in [2.45, 2.75) is 38.8 Å². The van der Waals surface area contributed by atoms with E-state index < -0.39 is 10.0 Å². The fourth-order valence-corrected chi connectivity index (χ4v) is 4.03. The number of aromatic nitrogens is 2. The number of hydrogen-bond donors (Lipinski definition) is 1. The maximum Gasteiger partial charge on any atom is 0.240 e. The Morgan fingerprint density at radius 1 is 1.04 bits per heavy atom. The summed E-state index contributed by atoms with van der Waals surface area (Å²) < 4.78 is 35.2. The summed E-state index contributed by atoms with van der Waals surface area (Å²) in [5.41, 5.74) is 3.82. The first kappa shape index (κ1) is 20.1. The monoisotopic (exact) mass is 399 g/mol. The van der Waals surface area contributed by atoms with Gasteiger partial charge in [0.1, 0.15) is 5.75 Å². The smallest absolute Gasteiger partial charge is 0.240 e. The summed E-state index contributed by atoms with van der Waals surface area (Å²) in [4.78, 5) is 0.211. The van der Waals surface area contributed by atoms with Crippen molar-refractivity contribution in [3.63, 3.8) is 0 Å². The standard InChI is InChI=1S/C21H25N3O3S/c1-4-27-19-10-12-20(13-11-19)28(25,26)22-14-21-16(2)23-24(17(21)3)15-18-8-6-5-7-9-18/h5-13,22H,4,14-15H2,1-3H3. The van der Waals surface area contributed by atoms with E-state index in [1.807, 2.05) is 55.8 Å². The topological polar surface area (TPSA) is 73.2 Å². The summed E-state index contributed by atoms with van der Waals surface area (Å²) in [6, 6.07) is 16.5. The van der Waals surface area contributed by atoms with Crippen molar-refractivity contribution in [2.24, 2.45) is 0 Å². The number of sulfonamides is 1. The van der Waals surface area contributed by atoms with E-state index in [0.29, 0.717) is 18.9 Å². The second-order valence-electron chi connectivity index (χ2n) is 6.52. The average Bonchev–Trinajstić information content (AvgIpc) is 2.95. The average molecular weight is 400 g/mol. The molecule has 1 heterocycles. The molecule has 3 rings (SSSR count). The van der Waals surface area contributed by atoms with Crippen LogP contribution in [0.5, 0.6) is 5.75 Å². The molecule has 0 aliphatic carbocycles. The van der Waals surface area contributed by atoms with Crippen LogP contribution >= 0.6 is 0 Å². The molecule has 3 aromatic rings. The van der Waals surface area contributed by atoms with Crippen LogP contribution in [0.2, 0.25) is 0 Å². The maximum atomic E-state index is 12.6. The summed E-state index contributed by atoms with van der Waals surface area (Å²) in [6.07, 6.45) is 0. The summed E-state index contributed by atoms with van der Waals surface area (Å²) in [5, 5.41) is 4.58. The summed E-state index contributed by atoms with van der Waals surface area (Å²) in [6.45, 7) is 7.13. The van der Waals surface area contributed by atoms with Crippen LogP contribution in [0.25, 0.3) is 0 Å². The number of hydrogen-bond acceptors (Lipinski definition) is 4. The summed E-state index contributed by atoms with van der Waals surface area (Å²) in [7, 11) is -3.62. The highest BCUT2D eigenvalue weighted by atomic mass is 32.2. The lowest BCUT2D eigenvalue weighted by atomic mass is 10.2. The highest BCUT2D eigenvalue weighted by molar-refractivity contribution is 7.89. The van der Waals surface area contributed by atoms with Gasteiger partial charge >= 0.3 is 0 Å². The molecule has 1 N–H and O–H groups in total. The fraction of sp³-hybridized carbons (Fsp3) is 0.286. The van der Waals surface area contributed by atoms with Crippen molar-refractivity contribution in [3.05, 3.63) is 77.1 Å². The molecule has 0 aliphatic heterocycles. The van der Waals surface area contributed by atoms with Crippen molar-refractivity contribution >= 4 is 10.0 Å². The third-order valence-corrected chi connectivity index (χ3v) is 6.01. The molecule has 0 aliphatic rings. The van der Waals surface area contributed by atoms with Crippen LogP contribution in [0, 0.1) is 13.8 Å². The van der Waals surface area contributed by atoms with Gasteiger partial charge in [0.05, 0.1) is 23.7 Å². The zero-order valence-corrected chi connectivity index (χ0v) is 17.2. The molecule has 0 unspecified atom stereocenters. The van der Waals surface area contributed by atoms with Crippen LogP contribution in [0.4, 0.5) is 0 Å². The Balaban J connectivity index is 1.73. The van der Waals surface area contributed by atoms with E-state index >= 15 is 0 Å². The molecule has 0 saturated heterocycles. The minimum absolute atomic E-state index is 0.196. The van der Waals surface area contributed by atoms with Gasteiger partial charge in [-0.05, 0) is 50.6 Å². The van der Waals surface area contributed by atoms with E-state index in [1.54, 1.807) is 24.3 Å². The largest absolute Gasteiger partial charge is 0.494 e. The number of nitrogens with zero attached hydrogens (tertiary/aromatic N) is 2. The van der Waals surface area contributed by atoms with E-state index in [4.69, 9.17) is 4.74 Å². The Labute approximate surface area is 166 Å². The van der Waals surface area contributed by atoms with Crippen molar-refractivity contribution in [1.29, 1.82) is 0 Å². The van der Waals surface area contributed by atoms with E-state index in [0.717, 1.165) is 22.5 Å². The molecule has 0 spiro atoms. The van der Waals surface area contributed by atoms with Gasteiger partial charge < -0.3 is 4.74 Å². The van der Waals surface area contributed by atoms with E-state index in [2.05, 4.69) is 9.82 Å². The van der Waals surface area contributed by atoms with Crippen LogP contribution < -0.4 is 9.46 Å². The molecule has 6 nitrogen and oxygen atoms in total. The number of nitrogens with one attached hydrogen (secondary N) is 1. The Hall–Kier alpha value is -2.64. The highest BCUT2D eigenvalue weighted by Gasteiger charge is 2.17. The molecule has 0 saturated carbocycles. The minimum atomic E-state index is -3.62. The van der Waals surface area contributed by atoms with Gasteiger partial charge in [-0.1, -0.05) is 30.3 Å². The second-order valence-corrected chi connectivity index (χ2v) is 8.29. The molecular weight excluding hydrogens is 374 g/mol. The lowest BCUT2D eigenvalue weighted by Gasteiger charge is -2.09. The van der Waals surface area contributed by atoms with Gasteiger partial charge in [0, 0.05) is 17.8 Å². The van der Waals surface area contributed by atoms with Crippen molar-refractivity contribution in [3.8, 4) is 5.75 Å². The van der Waals surface area contributed by atoms with E-state index in [1.165, 1.54) is 0 Å². The molecule has 28 heavy (non-hydrogen) atoms. The number of benzene rings is 2. The Morgan fingerprint density at radius 3 is 2.36 bits per heavy atom. The number of aryl methyl sites for hydroxylation is 1. The first-order valence-electron chi connectivity index (χ1n) is 9.20. The zero-order chi connectivity index (χ0) is 20.1. The molecule has 148 valence electrons. The van der Waals surface area contributed by atoms with Crippen LogP contribution in [-0.2, 0) is 23.1 Å². The predicted octanol–water partition coefficient (Wildman–Crippen LogP) is 3.43. The SMILES string of the molecule is CCOc1ccc(S(=O)(=O)NCc2c(C)nn(Cc3ccccc3)c2C)cc1. The molecule has 0 radical (unpaired) electrons. The van der Waals surface area contributed by atoms with Crippen LogP contribution in [0.15, 0.2) is 59.5 Å². The predicted molar refractivity (Wildman–Crippen MR) is 109 cm³/mol. The first-order chi connectivity index (χ1) is 13.4. The highest BCUT2D eigenvalue weighted by Crippen LogP contribution is 2.18.